The molecule has 96 valence electrons. The number of esters is 1. The van der Waals surface area contributed by atoms with Crippen molar-refractivity contribution in [1.82, 2.24) is 4.98 Å². The van der Waals surface area contributed by atoms with Gasteiger partial charge in [-0.3, -0.25) is 0 Å². The van der Waals surface area contributed by atoms with E-state index in [-0.39, 0.29) is 17.9 Å². The lowest BCUT2D eigenvalue weighted by Gasteiger charge is -1.98. The van der Waals surface area contributed by atoms with E-state index in [4.69, 9.17) is 10.00 Å². The van der Waals surface area contributed by atoms with Gasteiger partial charge in [-0.05, 0) is 25.1 Å². The average molecular weight is 256 g/mol. The molecule has 0 amide bonds. The fraction of sp³-hybridized carbons (Fsp3) is 0.143. The first kappa shape index (κ1) is 12.7. The van der Waals surface area contributed by atoms with Crippen molar-refractivity contribution in [3.8, 4) is 11.8 Å². The second-order valence-electron chi connectivity index (χ2n) is 3.82. The lowest BCUT2D eigenvalue weighted by Crippen LogP contribution is -2.06. The van der Waals surface area contributed by atoms with Crippen LogP contribution in [0.5, 0.6) is 5.75 Å². The maximum absolute atomic E-state index is 11.5. The van der Waals surface area contributed by atoms with E-state index in [1.807, 2.05) is 6.07 Å². The van der Waals surface area contributed by atoms with Crippen molar-refractivity contribution in [2.24, 2.45) is 0 Å². The zero-order chi connectivity index (χ0) is 13.8. The van der Waals surface area contributed by atoms with Gasteiger partial charge in [0.05, 0.1) is 12.3 Å². The van der Waals surface area contributed by atoms with E-state index in [1.165, 1.54) is 6.08 Å². The van der Waals surface area contributed by atoms with Crippen LogP contribution in [0.15, 0.2) is 29.8 Å². The van der Waals surface area contributed by atoms with Crippen LogP contribution >= 0.6 is 0 Å². The molecule has 5 heteroatoms. The average Bonchev–Trinajstić information content (AvgIpc) is 2.73. The molecule has 5 nitrogen and oxygen atoms in total. The number of aromatic nitrogens is 1. The van der Waals surface area contributed by atoms with Crippen molar-refractivity contribution in [3.63, 3.8) is 0 Å². The van der Waals surface area contributed by atoms with Crippen molar-refractivity contribution in [1.29, 1.82) is 5.26 Å². The predicted octanol–water partition coefficient (Wildman–Crippen LogP) is 2.34. The van der Waals surface area contributed by atoms with Gasteiger partial charge in [-0.15, -0.1) is 0 Å². The highest BCUT2D eigenvalue weighted by molar-refractivity contribution is 6.00. The van der Waals surface area contributed by atoms with Crippen molar-refractivity contribution in [3.05, 3.63) is 35.5 Å². The second kappa shape index (κ2) is 5.27. The molecule has 0 saturated heterocycles. The maximum atomic E-state index is 11.5. The van der Waals surface area contributed by atoms with Crippen LogP contribution in [-0.4, -0.2) is 22.7 Å². The van der Waals surface area contributed by atoms with Gasteiger partial charge in [0.25, 0.3) is 0 Å². The van der Waals surface area contributed by atoms with Crippen LogP contribution in [-0.2, 0) is 9.53 Å². The molecule has 2 rings (SSSR count). The number of benzene rings is 1. The number of hydrogen-bond donors (Lipinski definition) is 2. The molecule has 0 aliphatic carbocycles. The number of nitriles is 1. The van der Waals surface area contributed by atoms with Crippen molar-refractivity contribution >= 4 is 22.9 Å². The zero-order valence-corrected chi connectivity index (χ0v) is 10.3. The fourth-order valence-corrected chi connectivity index (χ4v) is 1.74. The van der Waals surface area contributed by atoms with E-state index in [9.17, 15) is 9.90 Å². The number of nitrogens with one attached hydrogen (secondary N) is 1. The summed E-state index contributed by atoms with van der Waals surface area (Å²) in [7, 11) is 0. The Morgan fingerprint density at radius 1 is 1.53 bits per heavy atom. The molecule has 2 N–H and O–H groups in total. The van der Waals surface area contributed by atoms with Crippen molar-refractivity contribution in [2.45, 2.75) is 6.92 Å². The summed E-state index contributed by atoms with van der Waals surface area (Å²) in [6.45, 7) is 1.85. The Hall–Kier alpha value is -2.74. The lowest BCUT2D eigenvalue weighted by molar-refractivity contribution is -0.137. The third-order valence-corrected chi connectivity index (χ3v) is 2.61. The lowest BCUT2D eigenvalue weighted by atomic mass is 10.2. The predicted molar refractivity (Wildman–Crippen MR) is 70.2 cm³/mol. The molecule has 0 atom stereocenters. The Balaban J connectivity index is 2.47. The molecule has 0 unspecified atom stereocenters. The number of hydrogen-bond acceptors (Lipinski definition) is 4. The SMILES string of the molecule is CCOC(=O)/C(C#N)=C\c1[nH]c2ccccc2c1O. The normalized spacial score (nSPS) is 11.3. The van der Waals surface area contributed by atoms with Crippen molar-refractivity contribution in [2.75, 3.05) is 6.61 Å². The molecule has 1 aromatic heterocycles. The summed E-state index contributed by atoms with van der Waals surface area (Å²) in [5, 5.41) is 19.6. The number of rotatable bonds is 3. The highest BCUT2D eigenvalue weighted by Gasteiger charge is 2.13. The van der Waals surface area contributed by atoms with Gasteiger partial charge in [0.2, 0.25) is 0 Å². The first-order valence-electron chi connectivity index (χ1n) is 5.76. The van der Waals surface area contributed by atoms with Gasteiger partial charge in [0.15, 0.2) is 0 Å². The van der Waals surface area contributed by atoms with Gasteiger partial charge < -0.3 is 14.8 Å². The molecule has 0 aliphatic rings. The van der Waals surface area contributed by atoms with Gasteiger partial charge in [0, 0.05) is 10.9 Å². The van der Waals surface area contributed by atoms with Crippen LogP contribution in [0.4, 0.5) is 0 Å². The topological polar surface area (TPSA) is 86.1 Å². The van der Waals surface area contributed by atoms with Gasteiger partial charge in [-0.2, -0.15) is 5.26 Å². The van der Waals surface area contributed by atoms with Gasteiger partial charge in [-0.1, -0.05) is 12.1 Å². The number of aromatic amines is 1. The first-order valence-corrected chi connectivity index (χ1v) is 5.76. The molecule has 0 fully saturated rings. The Morgan fingerprint density at radius 2 is 2.26 bits per heavy atom. The molecule has 1 aromatic carbocycles. The summed E-state index contributed by atoms with van der Waals surface area (Å²) in [5.74, 6) is -0.698. The standard InChI is InChI=1S/C14H12N2O3/c1-2-19-14(18)9(8-15)7-12-13(17)10-5-3-4-6-11(10)16-12/h3-7,16-17H,2H2,1H3/b9-7-. The first-order chi connectivity index (χ1) is 9.17. The minimum Gasteiger partial charge on any atom is -0.505 e. The summed E-state index contributed by atoms with van der Waals surface area (Å²) in [4.78, 5) is 14.4. The largest absolute Gasteiger partial charge is 0.505 e. The molecule has 0 radical (unpaired) electrons. The summed E-state index contributed by atoms with van der Waals surface area (Å²) in [5.41, 5.74) is 0.877. The van der Waals surface area contributed by atoms with E-state index < -0.39 is 5.97 Å². The number of nitrogens with zero attached hydrogens (tertiary/aromatic N) is 1. The molecule has 0 spiro atoms. The number of H-pyrrole nitrogens is 1. The second-order valence-corrected chi connectivity index (χ2v) is 3.82. The number of carbonyl (C=O) groups is 1. The quantitative estimate of drug-likeness (QED) is 0.501. The van der Waals surface area contributed by atoms with Gasteiger partial charge in [-0.25, -0.2) is 4.79 Å². The third kappa shape index (κ3) is 2.43. The van der Waals surface area contributed by atoms with E-state index in [0.29, 0.717) is 11.1 Å². The summed E-state index contributed by atoms with van der Waals surface area (Å²) in [6, 6.07) is 8.91. The van der Waals surface area contributed by atoms with E-state index in [1.54, 1.807) is 31.2 Å². The molecule has 0 bridgehead atoms. The monoisotopic (exact) mass is 256 g/mol. The van der Waals surface area contributed by atoms with E-state index >= 15 is 0 Å². The number of para-hydroxylation sites is 1. The van der Waals surface area contributed by atoms with Crippen LogP contribution < -0.4 is 0 Å². The summed E-state index contributed by atoms with van der Waals surface area (Å²) < 4.78 is 4.76. The van der Waals surface area contributed by atoms with E-state index in [2.05, 4.69) is 4.98 Å². The number of fused-ring (bicyclic) bond motifs is 1. The van der Waals surface area contributed by atoms with Crippen molar-refractivity contribution < 1.29 is 14.6 Å². The van der Waals surface area contributed by atoms with Crippen LogP contribution in [0.2, 0.25) is 0 Å². The minimum atomic E-state index is -0.706. The van der Waals surface area contributed by atoms with E-state index in [0.717, 1.165) is 5.52 Å². The molecule has 2 aromatic rings. The molecular weight excluding hydrogens is 244 g/mol. The smallest absolute Gasteiger partial charge is 0.348 e. The fourth-order valence-electron chi connectivity index (χ4n) is 1.74. The van der Waals surface area contributed by atoms with Crippen LogP contribution in [0, 0.1) is 11.3 Å². The summed E-state index contributed by atoms with van der Waals surface area (Å²) >= 11 is 0. The Bertz CT molecular complexity index is 692. The molecular formula is C14H12N2O3. The van der Waals surface area contributed by atoms with Crippen LogP contribution in [0.1, 0.15) is 12.6 Å². The maximum Gasteiger partial charge on any atom is 0.348 e. The van der Waals surface area contributed by atoms with Crippen LogP contribution in [0.3, 0.4) is 0 Å². The molecule has 0 aliphatic heterocycles. The van der Waals surface area contributed by atoms with Gasteiger partial charge >= 0.3 is 5.97 Å². The Morgan fingerprint density at radius 3 is 2.89 bits per heavy atom. The Kier molecular flexibility index (Phi) is 3.53. The molecule has 19 heavy (non-hydrogen) atoms. The highest BCUT2D eigenvalue weighted by atomic mass is 16.5. The molecule has 0 saturated carbocycles. The number of aromatic hydroxyl groups is 1. The Labute approximate surface area is 109 Å². The highest BCUT2D eigenvalue weighted by Crippen LogP contribution is 2.30. The number of ether oxygens (including phenoxy) is 1. The number of carbonyl (C=O) groups excluding carboxylic acids is 1. The summed E-state index contributed by atoms with van der Waals surface area (Å²) in [6.07, 6.45) is 1.29. The zero-order valence-electron chi connectivity index (χ0n) is 10.3. The minimum absolute atomic E-state index is 0.00708. The molecule has 1 heterocycles. The van der Waals surface area contributed by atoms with Crippen LogP contribution in [0.25, 0.3) is 17.0 Å². The third-order valence-electron chi connectivity index (χ3n) is 2.61. The van der Waals surface area contributed by atoms with Gasteiger partial charge in [0.1, 0.15) is 17.4 Å².